The zero-order valence-electron chi connectivity index (χ0n) is 9.50. The maximum atomic E-state index is 5.12. The first-order valence-corrected chi connectivity index (χ1v) is 5.28. The molecule has 0 saturated carbocycles. The fourth-order valence-electron chi connectivity index (χ4n) is 1.29. The quantitative estimate of drug-likeness (QED) is 0.466. The van der Waals surface area contributed by atoms with Gasteiger partial charge in [0.1, 0.15) is 0 Å². The van der Waals surface area contributed by atoms with Gasteiger partial charge < -0.3 is 5.73 Å². The lowest BCUT2D eigenvalue weighted by molar-refractivity contribution is 0.987. The molecule has 0 saturated heterocycles. The minimum atomic E-state index is 1.02. The van der Waals surface area contributed by atoms with Gasteiger partial charge in [-0.25, -0.2) is 4.99 Å². The molecule has 3 heteroatoms. The van der Waals surface area contributed by atoms with Crippen molar-refractivity contribution in [1.82, 2.24) is 4.98 Å². The fourth-order valence-corrected chi connectivity index (χ4v) is 1.29. The van der Waals surface area contributed by atoms with Crippen LogP contribution < -0.4 is 5.73 Å². The van der Waals surface area contributed by atoms with Crippen molar-refractivity contribution in [2.45, 2.75) is 19.8 Å². The Morgan fingerprint density at radius 2 is 2.19 bits per heavy atom. The highest BCUT2D eigenvalue weighted by Crippen LogP contribution is 2.04. The molecule has 0 radical (unpaired) electrons. The Labute approximate surface area is 96.4 Å². The molecule has 3 nitrogen and oxygen atoms in total. The van der Waals surface area contributed by atoms with Crippen LogP contribution in [-0.4, -0.2) is 11.3 Å². The third-order valence-corrected chi connectivity index (χ3v) is 2.16. The highest BCUT2D eigenvalue weighted by atomic mass is 14.8. The molecule has 0 aliphatic heterocycles. The molecule has 1 heterocycles. The van der Waals surface area contributed by atoms with Crippen molar-refractivity contribution in [3.8, 4) is 0 Å². The van der Waals surface area contributed by atoms with E-state index in [1.165, 1.54) is 17.5 Å². The van der Waals surface area contributed by atoms with Crippen molar-refractivity contribution in [3.05, 3.63) is 54.0 Å². The van der Waals surface area contributed by atoms with Crippen LogP contribution in [0.4, 0.5) is 0 Å². The molecule has 84 valence electrons. The van der Waals surface area contributed by atoms with Gasteiger partial charge in [-0.1, -0.05) is 11.6 Å². The van der Waals surface area contributed by atoms with Crippen LogP contribution in [0.1, 0.15) is 18.9 Å². The summed E-state index contributed by atoms with van der Waals surface area (Å²) in [7, 11) is 0. The molecule has 0 amide bonds. The number of aliphatic imine (C=N–C) groups is 1. The number of hydrogen-bond donors (Lipinski definition) is 1. The van der Waals surface area contributed by atoms with Crippen molar-refractivity contribution >= 4 is 6.34 Å². The highest BCUT2D eigenvalue weighted by molar-refractivity contribution is 5.52. The maximum Gasteiger partial charge on any atom is 0.0852 e. The lowest BCUT2D eigenvalue weighted by Crippen LogP contribution is -1.85. The van der Waals surface area contributed by atoms with E-state index in [9.17, 15) is 0 Å². The summed E-state index contributed by atoms with van der Waals surface area (Å²) in [6, 6.07) is 4.08. The number of pyridine rings is 1. The first kappa shape index (κ1) is 12.2. The van der Waals surface area contributed by atoms with Crippen LogP contribution in [0.3, 0.4) is 0 Å². The molecule has 0 unspecified atom stereocenters. The van der Waals surface area contributed by atoms with E-state index in [4.69, 9.17) is 5.73 Å². The van der Waals surface area contributed by atoms with Gasteiger partial charge in [-0.2, -0.15) is 0 Å². The van der Waals surface area contributed by atoms with Gasteiger partial charge in [0.2, 0.25) is 0 Å². The number of hydrogen-bond acceptors (Lipinski definition) is 2. The number of rotatable bonds is 5. The van der Waals surface area contributed by atoms with Crippen LogP contribution in [0.25, 0.3) is 0 Å². The SMILES string of the molecule is CC(/C=C\N=CN)=C/CCc1ccncc1. The van der Waals surface area contributed by atoms with E-state index >= 15 is 0 Å². The maximum absolute atomic E-state index is 5.12. The van der Waals surface area contributed by atoms with E-state index in [0.29, 0.717) is 0 Å². The third-order valence-electron chi connectivity index (χ3n) is 2.16. The van der Waals surface area contributed by atoms with Crippen LogP contribution >= 0.6 is 0 Å². The number of aryl methyl sites for hydroxylation is 1. The fraction of sp³-hybridized carbons (Fsp3) is 0.231. The molecule has 0 aliphatic rings. The van der Waals surface area contributed by atoms with E-state index in [1.807, 2.05) is 30.6 Å². The summed E-state index contributed by atoms with van der Waals surface area (Å²) >= 11 is 0. The van der Waals surface area contributed by atoms with Gasteiger partial charge in [-0.05, 0) is 43.5 Å². The summed E-state index contributed by atoms with van der Waals surface area (Å²) in [5, 5.41) is 0. The Balaban J connectivity index is 2.36. The summed E-state index contributed by atoms with van der Waals surface area (Å²) in [6.45, 7) is 2.05. The predicted molar refractivity (Wildman–Crippen MR) is 68.1 cm³/mol. The first-order chi connectivity index (χ1) is 7.83. The summed E-state index contributed by atoms with van der Waals surface area (Å²) in [5.74, 6) is 0. The van der Waals surface area contributed by atoms with Crippen LogP contribution in [0.15, 0.2) is 53.4 Å². The van der Waals surface area contributed by atoms with Gasteiger partial charge in [0.25, 0.3) is 0 Å². The number of nitrogens with zero attached hydrogens (tertiary/aromatic N) is 2. The molecule has 16 heavy (non-hydrogen) atoms. The van der Waals surface area contributed by atoms with Gasteiger partial charge in [0.15, 0.2) is 0 Å². The number of aromatic nitrogens is 1. The summed E-state index contributed by atoms with van der Waals surface area (Å²) < 4.78 is 0. The predicted octanol–water partition coefficient (Wildman–Crippen LogP) is 2.46. The van der Waals surface area contributed by atoms with Crippen molar-refractivity contribution in [2.24, 2.45) is 10.7 Å². The minimum Gasteiger partial charge on any atom is -0.390 e. The van der Waals surface area contributed by atoms with Gasteiger partial charge >= 0.3 is 0 Å². The summed E-state index contributed by atoms with van der Waals surface area (Å²) in [4.78, 5) is 7.79. The number of nitrogens with two attached hydrogens (primary N) is 1. The average Bonchev–Trinajstić information content (AvgIpc) is 2.31. The van der Waals surface area contributed by atoms with Crippen molar-refractivity contribution in [3.63, 3.8) is 0 Å². The van der Waals surface area contributed by atoms with E-state index in [1.54, 1.807) is 6.20 Å². The van der Waals surface area contributed by atoms with E-state index in [-0.39, 0.29) is 0 Å². The molecule has 0 spiro atoms. The van der Waals surface area contributed by atoms with E-state index in [0.717, 1.165) is 12.8 Å². The Bertz CT molecular complexity index is 377. The molecule has 1 aromatic heterocycles. The van der Waals surface area contributed by atoms with Crippen molar-refractivity contribution in [1.29, 1.82) is 0 Å². The minimum absolute atomic E-state index is 1.02. The molecule has 0 atom stereocenters. The van der Waals surface area contributed by atoms with Gasteiger partial charge in [-0.3, -0.25) is 4.98 Å². The third kappa shape index (κ3) is 5.10. The Morgan fingerprint density at radius 1 is 1.44 bits per heavy atom. The second-order valence-corrected chi connectivity index (χ2v) is 3.46. The summed E-state index contributed by atoms with van der Waals surface area (Å²) in [5.41, 5.74) is 7.63. The topological polar surface area (TPSA) is 51.3 Å². The van der Waals surface area contributed by atoms with Gasteiger partial charge in [0, 0.05) is 18.6 Å². The molecular formula is C13H17N3. The standard InChI is InChI=1S/C13H17N3/c1-12(5-8-16-11-14)3-2-4-13-6-9-15-10-7-13/h3,5-11H,2,4H2,1H3,(H2,14,16)/b8-5-,12-3-. The first-order valence-electron chi connectivity index (χ1n) is 5.28. The zero-order valence-corrected chi connectivity index (χ0v) is 9.50. The van der Waals surface area contributed by atoms with E-state index < -0.39 is 0 Å². The van der Waals surface area contributed by atoms with Crippen LogP contribution in [0.2, 0.25) is 0 Å². The summed E-state index contributed by atoms with van der Waals surface area (Å²) in [6.07, 6.45) is 12.8. The van der Waals surface area contributed by atoms with Crippen LogP contribution in [0, 0.1) is 0 Å². The lowest BCUT2D eigenvalue weighted by atomic mass is 10.1. The second kappa shape index (κ2) is 7.40. The van der Waals surface area contributed by atoms with Gasteiger partial charge in [-0.15, -0.1) is 0 Å². The highest BCUT2D eigenvalue weighted by Gasteiger charge is 1.89. The average molecular weight is 215 g/mol. The molecular weight excluding hydrogens is 198 g/mol. The molecule has 0 bridgehead atoms. The molecule has 1 aromatic rings. The molecule has 0 aromatic carbocycles. The Kier molecular flexibility index (Phi) is 5.63. The lowest BCUT2D eigenvalue weighted by Gasteiger charge is -1.97. The molecule has 2 N–H and O–H groups in total. The second-order valence-electron chi connectivity index (χ2n) is 3.46. The Morgan fingerprint density at radius 3 is 2.88 bits per heavy atom. The van der Waals surface area contributed by atoms with Crippen LogP contribution in [-0.2, 0) is 6.42 Å². The van der Waals surface area contributed by atoms with Crippen molar-refractivity contribution in [2.75, 3.05) is 0 Å². The Hall–Kier alpha value is -1.90. The van der Waals surface area contributed by atoms with E-state index in [2.05, 4.69) is 23.0 Å². The largest absolute Gasteiger partial charge is 0.390 e. The van der Waals surface area contributed by atoms with Crippen molar-refractivity contribution < 1.29 is 0 Å². The van der Waals surface area contributed by atoms with Crippen LogP contribution in [0.5, 0.6) is 0 Å². The molecule has 1 rings (SSSR count). The molecule has 0 aliphatic carbocycles. The van der Waals surface area contributed by atoms with Gasteiger partial charge in [0.05, 0.1) is 6.34 Å². The smallest absolute Gasteiger partial charge is 0.0852 e. The monoisotopic (exact) mass is 215 g/mol. The number of allylic oxidation sites excluding steroid dienone is 3. The molecule has 0 fully saturated rings. The zero-order chi connectivity index (χ0) is 11.6. The normalized spacial score (nSPS) is 12.7.